The fourth-order valence-corrected chi connectivity index (χ4v) is 3.58. The monoisotopic (exact) mass is 336 g/mol. The number of carbonyl (C=O) groups is 2. The number of carbonyl (C=O) groups excluding carboxylic acids is 1. The van der Waals surface area contributed by atoms with Crippen LogP contribution in [0, 0.1) is 6.92 Å². The SMILES string of the molecule is Cc1cccc2c1N(C1CC1)CCN2C(=O)c1cccc(C(=O)O)c1. The lowest BCUT2D eigenvalue weighted by Crippen LogP contribution is -2.45. The molecule has 1 aliphatic heterocycles. The van der Waals surface area contributed by atoms with Crippen LogP contribution < -0.4 is 9.80 Å². The smallest absolute Gasteiger partial charge is 0.335 e. The zero-order chi connectivity index (χ0) is 17.6. The second-order valence-corrected chi connectivity index (χ2v) is 6.71. The van der Waals surface area contributed by atoms with E-state index in [2.05, 4.69) is 17.9 Å². The van der Waals surface area contributed by atoms with Gasteiger partial charge in [-0.05, 0) is 49.6 Å². The molecule has 1 fully saturated rings. The van der Waals surface area contributed by atoms with Crippen molar-refractivity contribution >= 4 is 23.3 Å². The molecule has 5 heteroatoms. The first-order chi connectivity index (χ1) is 12.1. The summed E-state index contributed by atoms with van der Waals surface area (Å²) in [6.45, 7) is 3.50. The lowest BCUT2D eigenvalue weighted by Gasteiger charge is -2.39. The number of nitrogens with zero attached hydrogens (tertiary/aromatic N) is 2. The molecule has 1 aliphatic carbocycles. The van der Waals surface area contributed by atoms with Gasteiger partial charge in [-0.25, -0.2) is 4.79 Å². The van der Waals surface area contributed by atoms with Gasteiger partial charge in [0.1, 0.15) is 0 Å². The van der Waals surface area contributed by atoms with Crippen LogP contribution in [0.2, 0.25) is 0 Å². The van der Waals surface area contributed by atoms with Crippen molar-refractivity contribution in [2.45, 2.75) is 25.8 Å². The Morgan fingerprint density at radius 1 is 1.04 bits per heavy atom. The number of anilines is 2. The third-order valence-electron chi connectivity index (χ3n) is 4.95. The average Bonchev–Trinajstić information content (AvgIpc) is 3.45. The Morgan fingerprint density at radius 3 is 2.48 bits per heavy atom. The standard InChI is InChI=1S/C20H20N2O3/c1-13-4-2-7-17-18(13)21(16-8-9-16)10-11-22(17)19(23)14-5-3-6-15(12-14)20(24)25/h2-7,12,16H,8-11H2,1H3,(H,24,25). The molecule has 0 aromatic heterocycles. The molecule has 1 saturated carbocycles. The van der Waals surface area contributed by atoms with Crippen LogP contribution in [0.25, 0.3) is 0 Å². The molecule has 0 spiro atoms. The van der Waals surface area contributed by atoms with Gasteiger partial charge in [0.25, 0.3) is 5.91 Å². The van der Waals surface area contributed by atoms with E-state index in [-0.39, 0.29) is 11.5 Å². The van der Waals surface area contributed by atoms with Gasteiger partial charge in [0, 0.05) is 24.7 Å². The first kappa shape index (κ1) is 15.7. The van der Waals surface area contributed by atoms with Crippen molar-refractivity contribution in [3.8, 4) is 0 Å². The lowest BCUT2D eigenvalue weighted by molar-refractivity contribution is 0.0697. The second kappa shape index (κ2) is 5.92. The normalized spacial score (nSPS) is 16.5. The van der Waals surface area contributed by atoms with Crippen LogP contribution in [-0.2, 0) is 0 Å². The molecule has 0 radical (unpaired) electrons. The van der Waals surface area contributed by atoms with E-state index in [0.717, 1.165) is 17.9 Å². The van der Waals surface area contributed by atoms with Crippen LogP contribution in [0.1, 0.15) is 39.1 Å². The highest BCUT2D eigenvalue weighted by atomic mass is 16.4. The lowest BCUT2D eigenvalue weighted by atomic mass is 10.0. The number of aryl methyl sites for hydroxylation is 1. The minimum Gasteiger partial charge on any atom is -0.478 e. The van der Waals surface area contributed by atoms with Crippen LogP contribution in [0.15, 0.2) is 42.5 Å². The summed E-state index contributed by atoms with van der Waals surface area (Å²) in [4.78, 5) is 28.4. The maximum absolute atomic E-state index is 13.1. The van der Waals surface area contributed by atoms with Gasteiger partial charge in [0.2, 0.25) is 0 Å². The number of aromatic carboxylic acids is 1. The number of fused-ring (bicyclic) bond motifs is 1. The molecule has 2 aromatic carbocycles. The Kier molecular flexibility index (Phi) is 3.71. The van der Waals surface area contributed by atoms with Crippen LogP contribution in [0.5, 0.6) is 0 Å². The predicted molar refractivity (Wildman–Crippen MR) is 96.6 cm³/mol. The van der Waals surface area contributed by atoms with Gasteiger partial charge in [0.05, 0.1) is 16.9 Å². The molecule has 2 aromatic rings. The molecular formula is C20H20N2O3. The van der Waals surface area contributed by atoms with Crippen molar-refractivity contribution in [2.75, 3.05) is 22.9 Å². The molecule has 0 saturated heterocycles. The van der Waals surface area contributed by atoms with Crippen molar-refractivity contribution in [3.63, 3.8) is 0 Å². The molecule has 1 amide bonds. The summed E-state index contributed by atoms with van der Waals surface area (Å²) >= 11 is 0. The van der Waals surface area contributed by atoms with Crippen LogP contribution in [0.3, 0.4) is 0 Å². The minimum atomic E-state index is -1.02. The molecular weight excluding hydrogens is 316 g/mol. The topological polar surface area (TPSA) is 60.9 Å². The third-order valence-corrected chi connectivity index (χ3v) is 4.95. The number of carboxylic acid groups (broad SMARTS) is 1. The van der Waals surface area contributed by atoms with Gasteiger partial charge in [0.15, 0.2) is 0 Å². The van der Waals surface area contributed by atoms with Gasteiger partial charge in [-0.2, -0.15) is 0 Å². The molecule has 128 valence electrons. The summed E-state index contributed by atoms with van der Waals surface area (Å²) in [5, 5.41) is 9.17. The fourth-order valence-electron chi connectivity index (χ4n) is 3.58. The van der Waals surface area contributed by atoms with Gasteiger partial charge in [-0.3, -0.25) is 4.79 Å². The van der Waals surface area contributed by atoms with Gasteiger partial charge < -0.3 is 14.9 Å². The predicted octanol–water partition coefficient (Wildman–Crippen LogP) is 3.32. The largest absolute Gasteiger partial charge is 0.478 e. The molecule has 0 unspecified atom stereocenters. The van der Waals surface area contributed by atoms with Crippen LogP contribution in [-0.4, -0.2) is 36.1 Å². The molecule has 4 rings (SSSR count). The highest BCUT2D eigenvalue weighted by Crippen LogP contribution is 2.42. The Labute approximate surface area is 146 Å². The molecule has 0 bridgehead atoms. The van der Waals surface area contributed by atoms with E-state index in [0.29, 0.717) is 18.2 Å². The van der Waals surface area contributed by atoms with Crippen molar-refractivity contribution in [3.05, 3.63) is 59.2 Å². The number of para-hydroxylation sites is 1. The number of carboxylic acids is 1. The third kappa shape index (κ3) is 2.76. The first-order valence-corrected chi connectivity index (χ1v) is 8.58. The van der Waals surface area contributed by atoms with Crippen molar-refractivity contribution in [1.82, 2.24) is 0 Å². The first-order valence-electron chi connectivity index (χ1n) is 8.58. The summed E-state index contributed by atoms with van der Waals surface area (Å²) in [5.74, 6) is -1.17. The highest BCUT2D eigenvalue weighted by Gasteiger charge is 2.36. The average molecular weight is 336 g/mol. The van der Waals surface area contributed by atoms with Crippen molar-refractivity contribution in [2.24, 2.45) is 0 Å². The van der Waals surface area contributed by atoms with E-state index in [1.165, 1.54) is 30.5 Å². The molecule has 5 nitrogen and oxygen atoms in total. The van der Waals surface area contributed by atoms with E-state index in [1.54, 1.807) is 17.0 Å². The van der Waals surface area contributed by atoms with Gasteiger partial charge >= 0.3 is 5.97 Å². The quantitative estimate of drug-likeness (QED) is 0.934. The van der Waals surface area contributed by atoms with Gasteiger partial charge in [-0.15, -0.1) is 0 Å². The molecule has 25 heavy (non-hydrogen) atoms. The molecule has 1 heterocycles. The number of hydrogen-bond acceptors (Lipinski definition) is 3. The summed E-state index contributed by atoms with van der Waals surface area (Å²) in [6.07, 6.45) is 2.42. The number of hydrogen-bond donors (Lipinski definition) is 1. The maximum Gasteiger partial charge on any atom is 0.335 e. The molecule has 1 N–H and O–H groups in total. The zero-order valence-electron chi connectivity index (χ0n) is 14.1. The molecule has 0 atom stereocenters. The van der Waals surface area contributed by atoms with Gasteiger partial charge in [-0.1, -0.05) is 18.2 Å². The van der Waals surface area contributed by atoms with E-state index in [9.17, 15) is 9.59 Å². The van der Waals surface area contributed by atoms with E-state index >= 15 is 0 Å². The zero-order valence-corrected chi connectivity index (χ0v) is 14.1. The fraction of sp³-hybridized carbons (Fsp3) is 0.300. The summed E-state index contributed by atoms with van der Waals surface area (Å²) < 4.78 is 0. The number of rotatable bonds is 3. The maximum atomic E-state index is 13.1. The van der Waals surface area contributed by atoms with Crippen molar-refractivity contribution in [1.29, 1.82) is 0 Å². The Hall–Kier alpha value is -2.82. The summed E-state index contributed by atoms with van der Waals surface area (Å²) in [5.41, 5.74) is 3.77. The number of amides is 1. The summed E-state index contributed by atoms with van der Waals surface area (Å²) in [6, 6.07) is 12.9. The van der Waals surface area contributed by atoms with E-state index in [1.807, 2.05) is 12.1 Å². The van der Waals surface area contributed by atoms with Crippen LogP contribution in [0.4, 0.5) is 11.4 Å². The number of benzene rings is 2. The van der Waals surface area contributed by atoms with E-state index < -0.39 is 5.97 Å². The molecule has 2 aliphatic rings. The van der Waals surface area contributed by atoms with E-state index in [4.69, 9.17) is 5.11 Å². The summed E-state index contributed by atoms with van der Waals surface area (Å²) in [7, 11) is 0. The Bertz CT molecular complexity index is 858. The highest BCUT2D eigenvalue weighted by molar-refractivity contribution is 6.09. The Balaban J connectivity index is 1.72. The van der Waals surface area contributed by atoms with Crippen molar-refractivity contribution < 1.29 is 14.7 Å². The Morgan fingerprint density at radius 2 is 1.76 bits per heavy atom. The van der Waals surface area contributed by atoms with Crippen LogP contribution >= 0.6 is 0 Å². The second-order valence-electron chi connectivity index (χ2n) is 6.71. The minimum absolute atomic E-state index is 0.131.